The van der Waals surface area contributed by atoms with Crippen LogP contribution in [-0.2, 0) is 15.3 Å². The number of methoxy groups -OCH3 is 1. The Balaban J connectivity index is 2.27. The number of aromatic nitrogens is 4. The molecule has 1 saturated heterocycles. The second-order valence-corrected chi connectivity index (χ2v) is 6.36. The molecule has 10 heteroatoms. The van der Waals surface area contributed by atoms with E-state index in [1.165, 1.54) is 42.8 Å². The van der Waals surface area contributed by atoms with Gasteiger partial charge in [-0.2, -0.15) is 10.4 Å². The van der Waals surface area contributed by atoms with E-state index in [9.17, 15) is 15.5 Å². The third-order valence-electron chi connectivity index (χ3n) is 4.45. The van der Waals surface area contributed by atoms with Crippen LogP contribution in [0.2, 0.25) is 0 Å². The fraction of sp³-hybridized carbons (Fsp3) is 0.571. The van der Waals surface area contributed by atoms with Gasteiger partial charge in [0.2, 0.25) is 5.79 Å². The summed E-state index contributed by atoms with van der Waals surface area (Å²) in [6, 6.07) is 2.08. The first-order valence-electron chi connectivity index (χ1n) is 7.15. The van der Waals surface area contributed by atoms with E-state index in [1.807, 2.05) is 6.26 Å². The Bertz CT molecular complexity index is 808. The van der Waals surface area contributed by atoms with Gasteiger partial charge in [-0.25, -0.2) is 14.5 Å². The van der Waals surface area contributed by atoms with Gasteiger partial charge in [-0.1, -0.05) is 0 Å². The number of rotatable bonds is 4. The first kappa shape index (κ1) is 17.1. The van der Waals surface area contributed by atoms with Gasteiger partial charge in [-0.15, -0.1) is 11.8 Å². The van der Waals surface area contributed by atoms with E-state index in [2.05, 4.69) is 21.1 Å². The summed E-state index contributed by atoms with van der Waals surface area (Å²) in [5.41, 5.74) is -0.644. The molecule has 1 fully saturated rings. The molecule has 0 radical (unpaired) electrons. The van der Waals surface area contributed by atoms with Gasteiger partial charge < -0.3 is 19.7 Å². The third kappa shape index (κ3) is 2.00. The van der Waals surface area contributed by atoms with E-state index in [0.717, 1.165) is 0 Å². The average molecular weight is 351 g/mol. The molecule has 1 aliphatic heterocycles. The molecule has 3 heterocycles. The lowest BCUT2D eigenvalue weighted by atomic mass is 9.77. The van der Waals surface area contributed by atoms with Gasteiger partial charge in [0.15, 0.2) is 5.65 Å². The quantitative estimate of drug-likeness (QED) is 0.728. The number of aliphatic hydroxyl groups is 2. The van der Waals surface area contributed by atoms with Gasteiger partial charge in [0.05, 0.1) is 18.9 Å². The molecule has 0 aromatic carbocycles. The van der Waals surface area contributed by atoms with Crippen LogP contribution in [0, 0.1) is 16.7 Å². The summed E-state index contributed by atoms with van der Waals surface area (Å²) in [5.74, 6) is -1.64. The topological polar surface area (TPSA) is 126 Å². The van der Waals surface area contributed by atoms with Crippen molar-refractivity contribution >= 4 is 17.4 Å². The standard InChI is InChI=1S/C14H17N5O4S/c1-13(6-15)10(21)8(5-20)23-14(13,22-2)9-4-16-11-12(24-3)17-7-18-19(9)11/h4,7-8,10,20-21H,5H2,1-3H3/t8-,10-,13-,14+/m1/s1. The number of nitrogens with zero attached hydrogens (tertiary/aromatic N) is 5. The Morgan fingerprint density at radius 2 is 2.29 bits per heavy atom. The fourth-order valence-electron chi connectivity index (χ4n) is 3.10. The molecule has 128 valence electrons. The minimum Gasteiger partial charge on any atom is -0.394 e. The highest BCUT2D eigenvalue weighted by atomic mass is 32.2. The summed E-state index contributed by atoms with van der Waals surface area (Å²) < 4.78 is 12.9. The Hall–Kier alpha value is -1.77. The number of hydrogen-bond acceptors (Lipinski definition) is 9. The van der Waals surface area contributed by atoms with Gasteiger partial charge in [-0.05, 0) is 13.2 Å². The molecule has 9 nitrogen and oxygen atoms in total. The molecule has 0 amide bonds. The summed E-state index contributed by atoms with van der Waals surface area (Å²) in [7, 11) is 1.37. The lowest BCUT2D eigenvalue weighted by Gasteiger charge is -2.36. The molecule has 4 atom stereocenters. The summed E-state index contributed by atoms with van der Waals surface area (Å²) in [6.45, 7) is 1.07. The number of imidazole rings is 1. The SMILES string of the molecule is CO[C@@]1(c2cnc3c(SC)ncnn23)O[C@H](CO)[C@@H](O)[C@@]1(C)C#N. The molecule has 2 aromatic rings. The molecule has 0 saturated carbocycles. The van der Waals surface area contributed by atoms with Crippen molar-refractivity contribution in [1.82, 2.24) is 19.6 Å². The fourth-order valence-corrected chi connectivity index (χ4v) is 3.57. The van der Waals surface area contributed by atoms with Crippen molar-refractivity contribution in [2.24, 2.45) is 5.41 Å². The van der Waals surface area contributed by atoms with Gasteiger partial charge in [-0.3, -0.25) is 0 Å². The first-order valence-corrected chi connectivity index (χ1v) is 8.38. The molecule has 2 aromatic heterocycles. The summed E-state index contributed by atoms with van der Waals surface area (Å²) in [4.78, 5) is 8.46. The van der Waals surface area contributed by atoms with Crippen molar-refractivity contribution in [3.8, 4) is 6.07 Å². The molecular weight excluding hydrogens is 334 g/mol. The smallest absolute Gasteiger partial charge is 0.235 e. The lowest BCUT2D eigenvalue weighted by Crippen LogP contribution is -2.47. The highest BCUT2D eigenvalue weighted by Crippen LogP contribution is 2.53. The van der Waals surface area contributed by atoms with Crippen LogP contribution in [0.4, 0.5) is 0 Å². The maximum Gasteiger partial charge on any atom is 0.235 e. The molecule has 0 aliphatic carbocycles. The van der Waals surface area contributed by atoms with Crippen LogP contribution in [0.5, 0.6) is 0 Å². The second kappa shape index (κ2) is 5.94. The predicted molar refractivity (Wildman–Crippen MR) is 82.9 cm³/mol. The van der Waals surface area contributed by atoms with Crippen molar-refractivity contribution in [2.45, 2.75) is 29.9 Å². The van der Waals surface area contributed by atoms with E-state index in [1.54, 1.807) is 0 Å². The minimum absolute atomic E-state index is 0.344. The van der Waals surface area contributed by atoms with Crippen molar-refractivity contribution in [3.63, 3.8) is 0 Å². The van der Waals surface area contributed by atoms with Crippen LogP contribution in [0.3, 0.4) is 0 Å². The molecule has 24 heavy (non-hydrogen) atoms. The molecule has 0 spiro atoms. The zero-order valence-corrected chi connectivity index (χ0v) is 14.2. The van der Waals surface area contributed by atoms with Crippen LogP contribution in [0.15, 0.2) is 17.6 Å². The Morgan fingerprint density at radius 1 is 1.54 bits per heavy atom. The highest BCUT2D eigenvalue weighted by Gasteiger charge is 2.66. The van der Waals surface area contributed by atoms with Crippen molar-refractivity contribution in [1.29, 1.82) is 5.26 Å². The van der Waals surface area contributed by atoms with Gasteiger partial charge >= 0.3 is 0 Å². The minimum atomic E-state index is -1.64. The maximum absolute atomic E-state index is 10.5. The van der Waals surface area contributed by atoms with E-state index in [-0.39, 0.29) is 0 Å². The lowest BCUT2D eigenvalue weighted by molar-refractivity contribution is -0.259. The molecule has 0 unspecified atom stereocenters. The molecule has 0 bridgehead atoms. The number of fused-ring (bicyclic) bond motifs is 1. The van der Waals surface area contributed by atoms with Crippen molar-refractivity contribution in [2.75, 3.05) is 20.0 Å². The molecule has 1 aliphatic rings. The zero-order valence-electron chi connectivity index (χ0n) is 13.4. The predicted octanol–water partition coefficient (Wildman–Crippen LogP) is -0.0727. The molecule has 3 rings (SSSR count). The van der Waals surface area contributed by atoms with Crippen LogP contribution < -0.4 is 0 Å². The van der Waals surface area contributed by atoms with E-state index < -0.39 is 30.0 Å². The highest BCUT2D eigenvalue weighted by molar-refractivity contribution is 7.98. The number of nitriles is 1. The Kier molecular flexibility index (Phi) is 4.23. The third-order valence-corrected chi connectivity index (χ3v) is 5.12. The van der Waals surface area contributed by atoms with E-state index in [4.69, 9.17) is 9.47 Å². The van der Waals surface area contributed by atoms with Crippen molar-refractivity contribution < 1.29 is 19.7 Å². The number of ether oxygens (including phenoxy) is 2. The second-order valence-electron chi connectivity index (χ2n) is 5.57. The van der Waals surface area contributed by atoms with Gasteiger partial charge in [0, 0.05) is 7.11 Å². The summed E-state index contributed by atoms with van der Waals surface area (Å²) in [5, 5.41) is 34.5. The van der Waals surface area contributed by atoms with Crippen molar-refractivity contribution in [3.05, 3.63) is 18.2 Å². The number of hydrogen-bond donors (Lipinski definition) is 2. The monoisotopic (exact) mass is 351 g/mol. The zero-order chi connectivity index (χ0) is 17.5. The van der Waals surface area contributed by atoms with Crippen LogP contribution in [0.1, 0.15) is 12.6 Å². The normalized spacial score (nSPS) is 33.0. The first-order chi connectivity index (χ1) is 11.5. The average Bonchev–Trinajstić information content (AvgIpc) is 3.14. The maximum atomic E-state index is 10.5. The van der Waals surface area contributed by atoms with Gasteiger partial charge in [0.1, 0.15) is 34.7 Å². The largest absolute Gasteiger partial charge is 0.394 e. The summed E-state index contributed by atoms with van der Waals surface area (Å²) >= 11 is 1.40. The summed E-state index contributed by atoms with van der Waals surface area (Å²) in [6.07, 6.45) is 2.49. The van der Waals surface area contributed by atoms with Gasteiger partial charge in [0.25, 0.3) is 0 Å². The number of thioether (sulfide) groups is 1. The Labute approximate surface area is 142 Å². The van der Waals surface area contributed by atoms with E-state index >= 15 is 0 Å². The van der Waals surface area contributed by atoms with E-state index in [0.29, 0.717) is 16.4 Å². The Morgan fingerprint density at radius 3 is 2.88 bits per heavy atom. The number of aliphatic hydroxyl groups excluding tert-OH is 2. The molecule has 2 N–H and O–H groups in total. The molecular formula is C14H17N5O4S. The van der Waals surface area contributed by atoms with Crippen LogP contribution in [0.25, 0.3) is 5.65 Å². The van der Waals surface area contributed by atoms with Crippen LogP contribution >= 0.6 is 11.8 Å². The van der Waals surface area contributed by atoms with Crippen LogP contribution in [-0.4, -0.2) is 62.0 Å².